The number of carbonyl (C=O) groups excluding carboxylic acids is 2. The number of carbonyl (C=O) groups is 2. The lowest BCUT2D eigenvalue weighted by molar-refractivity contribution is -0.117. The molecule has 0 unspecified atom stereocenters. The van der Waals surface area contributed by atoms with Gasteiger partial charge in [-0.15, -0.1) is 0 Å². The van der Waals surface area contributed by atoms with Crippen molar-refractivity contribution in [1.82, 2.24) is 10.2 Å². The molecule has 0 saturated carbocycles. The molecule has 6 heteroatoms. The summed E-state index contributed by atoms with van der Waals surface area (Å²) in [6.07, 6.45) is 2.35. The van der Waals surface area contributed by atoms with E-state index in [4.69, 9.17) is 11.6 Å². The molecule has 3 amide bonds. The van der Waals surface area contributed by atoms with Crippen LogP contribution < -0.4 is 10.2 Å². The number of nitrogens with zero attached hydrogens (tertiary/aromatic N) is 2. The molecule has 0 aliphatic carbocycles. The van der Waals surface area contributed by atoms with Crippen molar-refractivity contribution in [2.45, 2.75) is 32.2 Å². The van der Waals surface area contributed by atoms with Crippen LogP contribution in [0.1, 0.15) is 26.2 Å². The number of benzene rings is 1. The van der Waals surface area contributed by atoms with Crippen LogP contribution in [0.4, 0.5) is 10.5 Å². The number of rotatable bonds is 5. The van der Waals surface area contributed by atoms with E-state index in [1.807, 2.05) is 12.1 Å². The predicted molar refractivity (Wildman–Crippen MR) is 88.3 cm³/mol. The van der Waals surface area contributed by atoms with E-state index >= 15 is 0 Å². The molecular weight excluding hydrogens is 302 g/mol. The Morgan fingerprint density at radius 3 is 2.73 bits per heavy atom. The Bertz CT molecular complexity index is 533. The third-order valence-corrected chi connectivity index (χ3v) is 4.04. The van der Waals surface area contributed by atoms with Crippen LogP contribution in [0.2, 0.25) is 5.02 Å². The van der Waals surface area contributed by atoms with Crippen molar-refractivity contribution < 1.29 is 9.59 Å². The van der Waals surface area contributed by atoms with E-state index in [9.17, 15) is 9.59 Å². The molecule has 0 radical (unpaired) electrons. The zero-order chi connectivity index (χ0) is 16.1. The van der Waals surface area contributed by atoms with Crippen LogP contribution in [0.15, 0.2) is 24.3 Å². The molecule has 120 valence electrons. The fraction of sp³-hybridized carbons (Fsp3) is 0.500. The van der Waals surface area contributed by atoms with Gasteiger partial charge in [0.05, 0.1) is 6.04 Å². The second kappa shape index (κ2) is 7.49. The molecule has 1 aromatic rings. The van der Waals surface area contributed by atoms with Gasteiger partial charge >= 0.3 is 6.03 Å². The lowest BCUT2D eigenvalue weighted by atomic mass is 10.2. The largest absolute Gasteiger partial charge is 0.333 e. The molecular formula is C16H22ClN3O2. The zero-order valence-electron chi connectivity index (χ0n) is 13.0. The highest BCUT2D eigenvalue weighted by Crippen LogP contribution is 2.23. The van der Waals surface area contributed by atoms with Crippen molar-refractivity contribution in [2.24, 2.45) is 0 Å². The van der Waals surface area contributed by atoms with Crippen molar-refractivity contribution in [2.75, 3.05) is 25.0 Å². The van der Waals surface area contributed by atoms with Crippen molar-refractivity contribution in [1.29, 1.82) is 0 Å². The minimum atomic E-state index is -0.153. The molecule has 0 bridgehead atoms. The van der Waals surface area contributed by atoms with E-state index in [0.717, 1.165) is 25.1 Å². The minimum absolute atomic E-state index is 0.0174. The molecule has 0 aromatic heterocycles. The van der Waals surface area contributed by atoms with Crippen LogP contribution in [0.25, 0.3) is 0 Å². The number of anilines is 1. The van der Waals surface area contributed by atoms with Gasteiger partial charge in [0.25, 0.3) is 0 Å². The highest BCUT2D eigenvalue weighted by molar-refractivity contribution is 6.30. The molecule has 5 nitrogen and oxygen atoms in total. The SMILES string of the molecule is CCCCN(C)C(=O)N[C@@H]1CC(=O)N(c2ccc(Cl)cc2)C1. The third kappa shape index (κ3) is 4.13. The molecule has 0 spiro atoms. The van der Waals surface area contributed by atoms with Crippen molar-refractivity contribution >= 4 is 29.2 Å². The average Bonchev–Trinajstić information content (AvgIpc) is 2.86. The van der Waals surface area contributed by atoms with E-state index in [-0.39, 0.29) is 18.0 Å². The second-order valence-corrected chi connectivity index (χ2v) is 6.04. The fourth-order valence-electron chi connectivity index (χ4n) is 2.46. The summed E-state index contributed by atoms with van der Waals surface area (Å²) in [5.74, 6) is 0.0174. The third-order valence-electron chi connectivity index (χ3n) is 3.78. The van der Waals surface area contributed by atoms with Crippen LogP contribution in [0.5, 0.6) is 0 Å². The summed E-state index contributed by atoms with van der Waals surface area (Å²) in [6.45, 7) is 3.31. The van der Waals surface area contributed by atoms with E-state index in [0.29, 0.717) is 18.0 Å². The Labute approximate surface area is 136 Å². The first-order valence-electron chi connectivity index (χ1n) is 7.58. The van der Waals surface area contributed by atoms with E-state index in [2.05, 4.69) is 12.2 Å². The van der Waals surface area contributed by atoms with E-state index < -0.39 is 0 Å². The molecule has 22 heavy (non-hydrogen) atoms. The van der Waals surface area contributed by atoms with E-state index in [1.165, 1.54) is 0 Å². The lowest BCUT2D eigenvalue weighted by Crippen LogP contribution is -2.44. The van der Waals surface area contributed by atoms with Gasteiger partial charge in [-0.25, -0.2) is 4.79 Å². The summed E-state index contributed by atoms with van der Waals surface area (Å²) in [4.78, 5) is 27.5. The maximum Gasteiger partial charge on any atom is 0.317 e. The maximum atomic E-state index is 12.1. The Kier molecular flexibility index (Phi) is 5.66. The van der Waals surface area contributed by atoms with Crippen LogP contribution in [0, 0.1) is 0 Å². The standard InChI is InChI=1S/C16H22ClN3O2/c1-3-4-9-19(2)16(22)18-13-10-15(21)20(11-13)14-7-5-12(17)6-8-14/h5-8,13H,3-4,9-11H2,1-2H3,(H,18,22)/t13-/m1/s1. The number of hydrogen-bond acceptors (Lipinski definition) is 2. The molecule has 1 N–H and O–H groups in total. The van der Waals surface area contributed by atoms with Crippen molar-refractivity contribution in [3.63, 3.8) is 0 Å². The highest BCUT2D eigenvalue weighted by Gasteiger charge is 2.32. The number of halogens is 1. The quantitative estimate of drug-likeness (QED) is 0.906. The average molecular weight is 324 g/mol. The van der Waals surface area contributed by atoms with Crippen LogP contribution in [-0.4, -0.2) is 43.0 Å². The number of urea groups is 1. The molecule has 1 saturated heterocycles. The summed E-state index contributed by atoms with van der Waals surface area (Å²) < 4.78 is 0. The summed E-state index contributed by atoms with van der Waals surface area (Å²) in [5.41, 5.74) is 0.811. The molecule has 2 rings (SSSR count). The van der Waals surface area contributed by atoms with Crippen LogP contribution in [-0.2, 0) is 4.79 Å². The van der Waals surface area contributed by atoms with Gasteiger partial charge in [-0.1, -0.05) is 24.9 Å². The highest BCUT2D eigenvalue weighted by atomic mass is 35.5. The Morgan fingerprint density at radius 1 is 1.41 bits per heavy atom. The minimum Gasteiger partial charge on any atom is -0.333 e. The first kappa shape index (κ1) is 16.6. The summed E-state index contributed by atoms with van der Waals surface area (Å²) in [7, 11) is 1.78. The van der Waals surface area contributed by atoms with Gasteiger partial charge in [0.2, 0.25) is 5.91 Å². The van der Waals surface area contributed by atoms with Gasteiger partial charge in [-0.2, -0.15) is 0 Å². The van der Waals surface area contributed by atoms with Gasteiger partial charge < -0.3 is 15.1 Å². The first-order chi connectivity index (χ1) is 10.5. The van der Waals surface area contributed by atoms with Crippen LogP contribution in [0.3, 0.4) is 0 Å². The summed E-state index contributed by atoms with van der Waals surface area (Å²) >= 11 is 5.86. The van der Waals surface area contributed by atoms with Crippen molar-refractivity contribution in [3.05, 3.63) is 29.3 Å². The zero-order valence-corrected chi connectivity index (χ0v) is 13.8. The van der Waals surface area contributed by atoms with Crippen molar-refractivity contribution in [3.8, 4) is 0 Å². The molecule has 1 aliphatic rings. The van der Waals surface area contributed by atoms with Crippen LogP contribution >= 0.6 is 11.6 Å². The lowest BCUT2D eigenvalue weighted by Gasteiger charge is -2.21. The Balaban J connectivity index is 1.92. The summed E-state index contributed by atoms with van der Waals surface area (Å²) in [6, 6.07) is 6.88. The Hall–Kier alpha value is -1.75. The number of nitrogens with one attached hydrogen (secondary N) is 1. The molecule has 1 aromatic carbocycles. The van der Waals surface area contributed by atoms with Gasteiger partial charge in [0, 0.05) is 37.3 Å². The second-order valence-electron chi connectivity index (χ2n) is 5.61. The monoisotopic (exact) mass is 323 g/mol. The number of hydrogen-bond donors (Lipinski definition) is 1. The molecule has 1 aliphatic heterocycles. The van der Waals surface area contributed by atoms with Gasteiger partial charge in [0.1, 0.15) is 0 Å². The smallest absolute Gasteiger partial charge is 0.317 e. The molecule has 1 fully saturated rings. The number of amides is 3. The number of unbranched alkanes of at least 4 members (excludes halogenated alkanes) is 1. The van der Waals surface area contributed by atoms with Gasteiger partial charge in [0.15, 0.2) is 0 Å². The fourth-order valence-corrected chi connectivity index (χ4v) is 2.58. The maximum absolute atomic E-state index is 12.1. The van der Waals surface area contributed by atoms with E-state index in [1.54, 1.807) is 29.0 Å². The molecule has 1 atom stereocenters. The summed E-state index contributed by atoms with van der Waals surface area (Å²) in [5, 5.41) is 3.56. The van der Waals surface area contributed by atoms with Gasteiger partial charge in [-0.05, 0) is 30.7 Å². The predicted octanol–water partition coefficient (Wildman–Crippen LogP) is 2.89. The topological polar surface area (TPSA) is 52.7 Å². The molecule has 1 heterocycles. The normalized spacial score (nSPS) is 17.7. The first-order valence-corrected chi connectivity index (χ1v) is 7.96. The Morgan fingerprint density at radius 2 is 2.09 bits per heavy atom. The van der Waals surface area contributed by atoms with Gasteiger partial charge in [-0.3, -0.25) is 4.79 Å².